The predicted octanol–water partition coefficient (Wildman–Crippen LogP) is 4.29. The summed E-state index contributed by atoms with van der Waals surface area (Å²) in [6.07, 6.45) is 5.88. The molecule has 1 atom stereocenters. The molecule has 2 N–H and O–H groups in total. The molecule has 4 saturated carbocycles. The van der Waals surface area contributed by atoms with Gasteiger partial charge in [-0.2, -0.15) is 0 Å². The molecule has 1 unspecified atom stereocenters. The maximum atomic E-state index is 13.4. The van der Waals surface area contributed by atoms with E-state index in [0.717, 1.165) is 19.3 Å². The zero-order valence-electron chi connectivity index (χ0n) is 19.8. The molecule has 32 heavy (non-hydrogen) atoms. The highest BCUT2D eigenvalue weighted by Crippen LogP contribution is 2.60. The molecule has 4 aliphatic carbocycles. The number of hydrogen-bond donors (Lipinski definition) is 2. The van der Waals surface area contributed by atoms with Crippen LogP contribution in [-0.4, -0.2) is 29.1 Å². The molecule has 0 aromatic heterocycles. The minimum absolute atomic E-state index is 0.00603. The smallest absolute Gasteiger partial charge is 0.317 e. The monoisotopic (exact) mass is 443 g/mol. The second kappa shape index (κ2) is 8.79. The second-order valence-electron chi connectivity index (χ2n) is 11.4. The number of β-amino-alcohol motifs (C(OH)–C–C–N with tert-alkyl or cyclic N) is 1. The summed E-state index contributed by atoms with van der Waals surface area (Å²) < 4.78 is 11.2. The number of esters is 2. The number of carbonyl (C=O) groups excluding carboxylic acids is 2. The number of aliphatic hydroxyl groups is 1. The lowest BCUT2D eigenvalue weighted by Crippen LogP contribution is -2.51. The Morgan fingerprint density at radius 1 is 1.12 bits per heavy atom. The number of aliphatic hydroxyl groups excluding tert-OH is 1. The van der Waals surface area contributed by atoms with Gasteiger partial charge in [0.05, 0.1) is 11.5 Å². The lowest BCUT2D eigenvalue weighted by atomic mass is 9.49. The van der Waals surface area contributed by atoms with Crippen molar-refractivity contribution in [1.82, 2.24) is 5.32 Å². The fraction of sp³-hybridized carbons (Fsp3) is 0.692. The summed E-state index contributed by atoms with van der Waals surface area (Å²) in [7, 11) is 0. The molecule has 6 heteroatoms. The van der Waals surface area contributed by atoms with Crippen LogP contribution in [0.15, 0.2) is 18.2 Å². The van der Waals surface area contributed by atoms with Crippen LogP contribution in [0.1, 0.15) is 83.5 Å². The summed E-state index contributed by atoms with van der Waals surface area (Å²) in [6.45, 7) is 7.87. The van der Waals surface area contributed by atoms with Crippen LogP contribution in [0.2, 0.25) is 0 Å². The molecule has 0 radical (unpaired) electrons. The molecule has 1 aromatic carbocycles. The van der Waals surface area contributed by atoms with Gasteiger partial charge in [0.25, 0.3) is 0 Å². The Kier molecular flexibility index (Phi) is 6.38. The maximum absolute atomic E-state index is 13.4. The van der Waals surface area contributed by atoms with Crippen LogP contribution in [0.5, 0.6) is 5.75 Å². The first-order valence-corrected chi connectivity index (χ1v) is 11.9. The first kappa shape index (κ1) is 23.2. The Balaban J connectivity index is 1.52. The van der Waals surface area contributed by atoms with Gasteiger partial charge in [0.15, 0.2) is 0 Å². The van der Waals surface area contributed by atoms with E-state index in [0.29, 0.717) is 41.2 Å². The first-order valence-electron chi connectivity index (χ1n) is 11.9. The molecule has 0 spiro atoms. The highest BCUT2D eigenvalue weighted by atomic mass is 16.5. The zero-order valence-corrected chi connectivity index (χ0v) is 19.8. The van der Waals surface area contributed by atoms with Crippen LogP contribution < -0.4 is 10.1 Å². The highest BCUT2D eigenvalue weighted by Gasteiger charge is 2.55. The molecule has 0 saturated heterocycles. The molecule has 4 aliphatic rings. The molecule has 176 valence electrons. The van der Waals surface area contributed by atoms with Crippen molar-refractivity contribution >= 4 is 11.9 Å². The standard InChI is InChI=1S/C26H37NO5/c1-16(28)31-15-21-10-20(22(29)14-27-25(2,3)4)5-6-23(21)32-24(30)26-11-17-7-18(12-26)9-19(8-17)13-26/h5-6,10,17-19,22,27,29H,7-9,11-15H2,1-4H3. The average molecular weight is 444 g/mol. The van der Waals surface area contributed by atoms with Crippen LogP contribution in [0.3, 0.4) is 0 Å². The van der Waals surface area contributed by atoms with Crippen molar-refractivity contribution < 1.29 is 24.2 Å². The Morgan fingerprint density at radius 2 is 1.72 bits per heavy atom. The third-order valence-electron chi connectivity index (χ3n) is 7.40. The van der Waals surface area contributed by atoms with Crippen molar-refractivity contribution in [3.63, 3.8) is 0 Å². The summed E-state index contributed by atoms with van der Waals surface area (Å²) in [5, 5.41) is 13.9. The van der Waals surface area contributed by atoms with E-state index < -0.39 is 12.1 Å². The summed E-state index contributed by atoms with van der Waals surface area (Å²) in [4.78, 5) is 24.8. The number of benzene rings is 1. The number of nitrogens with one attached hydrogen (secondary N) is 1. The quantitative estimate of drug-likeness (QED) is 0.483. The van der Waals surface area contributed by atoms with Gasteiger partial charge in [0.1, 0.15) is 12.4 Å². The normalized spacial score (nSPS) is 29.6. The van der Waals surface area contributed by atoms with E-state index in [1.165, 1.54) is 26.2 Å². The lowest BCUT2D eigenvalue weighted by molar-refractivity contribution is -0.161. The van der Waals surface area contributed by atoms with Gasteiger partial charge in [-0.1, -0.05) is 6.07 Å². The van der Waals surface area contributed by atoms with Crippen molar-refractivity contribution in [3.05, 3.63) is 29.3 Å². The van der Waals surface area contributed by atoms with Crippen molar-refractivity contribution in [2.24, 2.45) is 23.2 Å². The van der Waals surface area contributed by atoms with Gasteiger partial charge in [-0.25, -0.2) is 0 Å². The van der Waals surface area contributed by atoms with Gasteiger partial charge >= 0.3 is 11.9 Å². The highest BCUT2D eigenvalue weighted by molar-refractivity contribution is 5.80. The van der Waals surface area contributed by atoms with Gasteiger partial charge < -0.3 is 19.9 Å². The minimum Gasteiger partial charge on any atom is -0.461 e. The van der Waals surface area contributed by atoms with E-state index in [-0.39, 0.29) is 23.5 Å². The number of carbonyl (C=O) groups is 2. The molecular formula is C26H37NO5. The van der Waals surface area contributed by atoms with E-state index in [2.05, 4.69) is 5.32 Å². The second-order valence-corrected chi connectivity index (χ2v) is 11.4. The summed E-state index contributed by atoms with van der Waals surface area (Å²) in [5.74, 6) is 1.85. The van der Waals surface area contributed by atoms with Crippen molar-refractivity contribution in [3.8, 4) is 5.75 Å². The Bertz CT molecular complexity index is 836. The van der Waals surface area contributed by atoms with E-state index in [1.807, 2.05) is 20.8 Å². The Hall–Kier alpha value is -1.92. The van der Waals surface area contributed by atoms with Crippen molar-refractivity contribution in [1.29, 1.82) is 0 Å². The summed E-state index contributed by atoms with van der Waals surface area (Å²) in [5.41, 5.74) is 0.820. The van der Waals surface area contributed by atoms with Crippen molar-refractivity contribution in [2.75, 3.05) is 6.54 Å². The van der Waals surface area contributed by atoms with E-state index in [1.54, 1.807) is 18.2 Å². The van der Waals surface area contributed by atoms with E-state index in [4.69, 9.17) is 9.47 Å². The average Bonchev–Trinajstić information content (AvgIpc) is 2.69. The molecule has 0 amide bonds. The topological polar surface area (TPSA) is 84.9 Å². The Labute approximate surface area is 191 Å². The summed E-state index contributed by atoms with van der Waals surface area (Å²) >= 11 is 0. The van der Waals surface area contributed by atoms with Crippen LogP contribution in [0.4, 0.5) is 0 Å². The molecule has 5 rings (SSSR count). The first-order chi connectivity index (χ1) is 15.0. The molecule has 1 aromatic rings. The SMILES string of the molecule is CC(=O)OCc1cc(C(O)CNC(C)(C)C)ccc1OC(=O)C12CC3CC(CC(C3)C1)C2. The number of hydrogen-bond acceptors (Lipinski definition) is 6. The lowest BCUT2D eigenvalue weighted by Gasteiger charge is -2.55. The van der Waals surface area contributed by atoms with Crippen LogP contribution >= 0.6 is 0 Å². The van der Waals surface area contributed by atoms with Gasteiger partial charge in [-0.3, -0.25) is 9.59 Å². The molecule has 6 nitrogen and oxygen atoms in total. The maximum Gasteiger partial charge on any atom is 0.317 e. The zero-order chi connectivity index (χ0) is 23.1. The molecular weight excluding hydrogens is 406 g/mol. The molecule has 4 fully saturated rings. The summed E-state index contributed by atoms with van der Waals surface area (Å²) in [6, 6.07) is 5.29. The third-order valence-corrected chi connectivity index (χ3v) is 7.40. The molecule has 0 aliphatic heterocycles. The molecule has 0 heterocycles. The molecule has 4 bridgehead atoms. The van der Waals surface area contributed by atoms with Gasteiger partial charge in [-0.15, -0.1) is 0 Å². The van der Waals surface area contributed by atoms with Crippen LogP contribution in [0.25, 0.3) is 0 Å². The minimum atomic E-state index is -0.724. The number of ether oxygens (including phenoxy) is 2. The van der Waals surface area contributed by atoms with Crippen molar-refractivity contribution in [2.45, 2.75) is 84.5 Å². The van der Waals surface area contributed by atoms with Crippen LogP contribution in [0, 0.1) is 23.2 Å². The fourth-order valence-corrected chi connectivity index (χ4v) is 6.29. The largest absolute Gasteiger partial charge is 0.461 e. The Morgan fingerprint density at radius 3 is 2.25 bits per heavy atom. The fourth-order valence-electron chi connectivity index (χ4n) is 6.29. The number of rotatable bonds is 7. The van der Waals surface area contributed by atoms with E-state index >= 15 is 0 Å². The van der Waals surface area contributed by atoms with Gasteiger partial charge in [-0.05, 0) is 94.7 Å². The van der Waals surface area contributed by atoms with Gasteiger partial charge in [0.2, 0.25) is 0 Å². The third kappa shape index (κ3) is 5.18. The van der Waals surface area contributed by atoms with Crippen LogP contribution in [-0.2, 0) is 20.9 Å². The predicted molar refractivity (Wildman–Crippen MR) is 121 cm³/mol. The van der Waals surface area contributed by atoms with E-state index in [9.17, 15) is 14.7 Å². The van der Waals surface area contributed by atoms with Gasteiger partial charge in [0, 0.05) is 24.6 Å².